The molecule has 0 radical (unpaired) electrons. The highest BCUT2D eigenvalue weighted by atomic mass is 35.5. The molecule has 1 aliphatic rings. The van der Waals surface area contributed by atoms with Crippen LogP contribution in [-0.4, -0.2) is 30.5 Å². The fourth-order valence-electron chi connectivity index (χ4n) is 3.07. The van der Waals surface area contributed by atoms with Crippen LogP contribution in [0.25, 0.3) is 0 Å². The molecule has 1 aliphatic heterocycles. The van der Waals surface area contributed by atoms with Crippen molar-refractivity contribution in [3.05, 3.63) is 59.6 Å². The first-order valence-corrected chi connectivity index (χ1v) is 9.31. The number of amides is 2. The summed E-state index contributed by atoms with van der Waals surface area (Å²) in [4.78, 5) is 26.6. The Morgan fingerprint density at radius 1 is 1.19 bits per heavy atom. The summed E-state index contributed by atoms with van der Waals surface area (Å²) in [6.45, 7) is 4.46. The lowest BCUT2D eigenvalue weighted by atomic mass is 10.1. The van der Waals surface area contributed by atoms with Crippen LogP contribution in [-0.2, 0) is 9.59 Å². The summed E-state index contributed by atoms with van der Waals surface area (Å²) in [7, 11) is 0. The van der Waals surface area contributed by atoms with Gasteiger partial charge in [0.2, 0.25) is 5.91 Å². The Bertz CT molecular complexity index is 806. The van der Waals surface area contributed by atoms with Crippen LogP contribution in [0.15, 0.2) is 54.6 Å². The largest absolute Gasteiger partial charge is 0.478 e. The molecule has 1 heterocycles. The van der Waals surface area contributed by atoms with Gasteiger partial charge in [-0.15, -0.1) is 0 Å². The molecule has 1 unspecified atom stereocenters. The van der Waals surface area contributed by atoms with Gasteiger partial charge in [-0.25, -0.2) is 0 Å². The van der Waals surface area contributed by atoms with Crippen molar-refractivity contribution in [2.24, 2.45) is 5.92 Å². The monoisotopic (exact) mass is 386 g/mol. The van der Waals surface area contributed by atoms with E-state index in [2.05, 4.69) is 5.32 Å². The van der Waals surface area contributed by atoms with Crippen molar-refractivity contribution in [1.29, 1.82) is 0 Å². The van der Waals surface area contributed by atoms with Gasteiger partial charge in [0.05, 0.1) is 0 Å². The molecule has 2 amide bonds. The predicted octanol–water partition coefficient (Wildman–Crippen LogP) is 3.67. The first-order valence-electron chi connectivity index (χ1n) is 8.93. The van der Waals surface area contributed by atoms with Gasteiger partial charge < -0.3 is 15.0 Å². The molecule has 5 nitrogen and oxygen atoms in total. The highest BCUT2D eigenvalue weighted by Gasteiger charge is 2.34. The second-order valence-corrected chi connectivity index (χ2v) is 7.62. The van der Waals surface area contributed by atoms with Gasteiger partial charge in [0, 0.05) is 36.1 Å². The summed E-state index contributed by atoms with van der Waals surface area (Å²) < 4.78 is 5.80. The summed E-state index contributed by atoms with van der Waals surface area (Å²) in [6.07, 6.45) is 0.424. The smallest absolute Gasteiger partial charge is 0.263 e. The summed E-state index contributed by atoms with van der Waals surface area (Å²) >= 11 is 5.87. The van der Waals surface area contributed by atoms with E-state index in [9.17, 15) is 9.59 Å². The predicted molar refractivity (Wildman–Crippen MR) is 106 cm³/mol. The molecule has 1 N–H and O–H groups in total. The molecular weight excluding hydrogens is 364 g/mol. The summed E-state index contributed by atoms with van der Waals surface area (Å²) in [6, 6.07) is 16.5. The van der Waals surface area contributed by atoms with Crippen LogP contribution in [0.2, 0.25) is 5.02 Å². The Morgan fingerprint density at radius 2 is 1.85 bits per heavy atom. The Kier molecular flexibility index (Phi) is 5.71. The van der Waals surface area contributed by atoms with Crippen LogP contribution in [0.5, 0.6) is 5.75 Å². The van der Waals surface area contributed by atoms with Crippen LogP contribution in [0.1, 0.15) is 20.3 Å². The molecule has 3 rings (SSSR count). The van der Waals surface area contributed by atoms with Gasteiger partial charge in [0.25, 0.3) is 5.91 Å². The topological polar surface area (TPSA) is 58.6 Å². The number of halogens is 1. The second kappa shape index (κ2) is 8.01. The van der Waals surface area contributed by atoms with Gasteiger partial charge in [-0.3, -0.25) is 9.59 Å². The average molecular weight is 387 g/mol. The van der Waals surface area contributed by atoms with E-state index in [1.165, 1.54) is 0 Å². The van der Waals surface area contributed by atoms with E-state index >= 15 is 0 Å². The van der Waals surface area contributed by atoms with Crippen LogP contribution in [0.4, 0.5) is 5.69 Å². The number of nitrogens with one attached hydrogen (secondary N) is 1. The van der Waals surface area contributed by atoms with Crippen molar-refractivity contribution in [2.45, 2.75) is 25.9 Å². The van der Waals surface area contributed by atoms with Crippen molar-refractivity contribution in [3.8, 4) is 5.75 Å². The quantitative estimate of drug-likeness (QED) is 0.824. The average Bonchev–Trinajstić information content (AvgIpc) is 3.03. The first-order chi connectivity index (χ1) is 12.8. The van der Waals surface area contributed by atoms with Gasteiger partial charge in [-0.05, 0) is 50.2 Å². The number of ether oxygens (including phenoxy) is 1. The number of anilines is 1. The van der Waals surface area contributed by atoms with Crippen molar-refractivity contribution < 1.29 is 14.3 Å². The normalized spacial score (nSPS) is 17.1. The third kappa shape index (κ3) is 4.80. The lowest BCUT2D eigenvalue weighted by Gasteiger charge is -2.26. The number of hydrogen-bond donors (Lipinski definition) is 1. The van der Waals surface area contributed by atoms with Crippen molar-refractivity contribution in [1.82, 2.24) is 5.32 Å². The number of para-hydroxylation sites is 1. The number of benzene rings is 2. The van der Waals surface area contributed by atoms with Crippen LogP contribution >= 0.6 is 11.6 Å². The van der Waals surface area contributed by atoms with Gasteiger partial charge in [0.1, 0.15) is 5.75 Å². The minimum absolute atomic E-state index is 0.0768. The molecule has 1 atom stereocenters. The number of carbonyl (C=O) groups excluding carboxylic acids is 2. The summed E-state index contributed by atoms with van der Waals surface area (Å²) in [5.41, 5.74) is -0.141. The lowest BCUT2D eigenvalue weighted by molar-refractivity contribution is -0.134. The fraction of sp³-hybridized carbons (Fsp3) is 0.333. The number of hydrogen-bond acceptors (Lipinski definition) is 3. The summed E-state index contributed by atoms with van der Waals surface area (Å²) in [5.74, 6) is 0.513. The van der Waals surface area contributed by atoms with E-state index in [1.54, 1.807) is 43.0 Å². The molecule has 2 aromatic rings. The minimum atomic E-state index is -1.03. The molecule has 142 valence electrons. The van der Waals surface area contributed by atoms with Gasteiger partial charge in [-0.1, -0.05) is 29.8 Å². The zero-order valence-electron chi connectivity index (χ0n) is 15.4. The van der Waals surface area contributed by atoms with E-state index in [0.717, 1.165) is 5.69 Å². The summed E-state index contributed by atoms with van der Waals surface area (Å²) in [5, 5.41) is 3.53. The molecule has 1 saturated heterocycles. The van der Waals surface area contributed by atoms with E-state index in [1.807, 2.05) is 30.3 Å². The zero-order chi connectivity index (χ0) is 19.4. The first kappa shape index (κ1) is 19.2. The van der Waals surface area contributed by atoms with E-state index in [0.29, 0.717) is 30.3 Å². The third-order valence-electron chi connectivity index (χ3n) is 4.56. The molecule has 0 saturated carbocycles. The maximum atomic E-state index is 12.6. The number of rotatable bonds is 6. The maximum absolute atomic E-state index is 12.6. The van der Waals surface area contributed by atoms with Crippen LogP contribution in [0.3, 0.4) is 0 Å². The SMILES string of the molecule is CC(C)(Oc1ccc(Cl)cc1)C(=O)NCC1CC(=O)N(c2ccccc2)C1. The molecule has 0 aliphatic carbocycles. The van der Waals surface area contributed by atoms with Gasteiger partial charge >= 0.3 is 0 Å². The van der Waals surface area contributed by atoms with Gasteiger partial charge in [-0.2, -0.15) is 0 Å². The molecule has 0 spiro atoms. The Morgan fingerprint density at radius 3 is 2.52 bits per heavy atom. The van der Waals surface area contributed by atoms with E-state index in [-0.39, 0.29) is 17.7 Å². The van der Waals surface area contributed by atoms with Crippen molar-refractivity contribution in [3.63, 3.8) is 0 Å². The van der Waals surface area contributed by atoms with E-state index in [4.69, 9.17) is 16.3 Å². The Labute approximate surface area is 164 Å². The Hall–Kier alpha value is -2.53. The fourth-order valence-corrected chi connectivity index (χ4v) is 3.20. The second-order valence-electron chi connectivity index (χ2n) is 7.19. The van der Waals surface area contributed by atoms with Crippen molar-refractivity contribution >= 4 is 29.1 Å². The molecule has 27 heavy (non-hydrogen) atoms. The van der Waals surface area contributed by atoms with E-state index < -0.39 is 5.60 Å². The minimum Gasteiger partial charge on any atom is -0.478 e. The number of carbonyl (C=O) groups is 2. The van der Waals surface area contributed by atoms with Crippen LogP contribution in [0, 0.1) is 5.92 Å². The zero-order valence-corrected chi connectivity index (χ0v) is 16.2. The van der Waals surface area contributed by atoms with Crippen molar-refractivity contribution in [2.75, 3.05) is 18.0 Å². The molecule has 1 fully saturated rings. The molecule has 0 aromatic heterocycles. The highest BCUT2D eigenvalue weighted by molar-refractivity contribution is 6.30. The lowest BCUT2D eigenvalue weighted by Crippen LogP contribution is -2.48. The molecule has 2 aromatic carbocycles. The molecular formula is C21H23ClN2O3. The molecule has 0 bridgehead atoms. The molecule has 6 heteroatoms. The highest BCUT2D eigenvalue weighted by Crippen LogP contribution is 2.25. The van der Waals surface area contributed by atoms with Crippen LogP contribution < -0.4 is 15.0 Å². The Balaban J connectivity index is 1.54. The number of nitrogens with zero attached hydrogens (tertiary/aromatic N) is 1. The third-order valence-corrected chi connectivity index (χ3v) is 4.81. The maximum Gasteiger partial charge on any atom is 0.263 e. The standard InChI is InChI=1S/C21H23ClN2O3/c1-21(2,27-18-10-8-16(22)9-11-18)20(26)23-13-15-12-19(25)24(14-15)17-6-4-3-5-7-17/h3-11,15H,12-14H2,1-2H3,(H,23,26). The van der Waals surface area contributed by atoms with Gasteiger partial charge in [0.15, 0.2) is 5.60 Å².